The van der Waals surface area contributed by atoms with Crippen LogP contribution in [0.25, 0.3) is 0 Å². The van der Waals surface area contributed by atoms with Crippen LogP contribution in [0.2, 0.25) is 0 Å². The summed E-state index contributed by atoms with van der Waals surface area (Å²) in [4.78, 5) is 118. The van der Waals surface area contributed by atoms with Gasteiger partial charge in [0.05, 0.1) is 72.4 Å². The molecule has 0 aromatic carbocycles. The summed E-state index contributed by atoms with van der Waals surface area (Å²) in [7, 11) is 0. The summed E-state index contributed by atoms with van der Waals surface area (Å²) in [6.07, 6.45) is 34.5. The molecule has 3 saturated heterocycles. The molecule has 0 N–H and O–H groups in total. The maximum atomic E-state index is 13.9. The molecule has 12 heterocycles. The van der Waals surface area contributed by atoms with Gasteiger partial charge in [0.25, 0.3) is 0 Å². The van der Waals surface area contributed by atoms with Gasteiger partial charge in [-0.15, -0.1) is 0 Å². The molecule has 98 heavy (non-hydrogen) atoms. The molecule has 6 amide bonds. The molecule has 22 nitrogen and oxygen atoms in total. The van der Waals surface area contributed by atoms with Crippen molar-refractivity contribution in [1.82, 2.24) is 58.3 Å². The van der Waals surface area contributed by atoms with Gasteiger partial charge >= 0.3 is 6.09 Å². The number of likely N-dealkylation sites (tertiary alicyclic amines) is 3. The highest BCUT2D eigenvalue weighted by Gasteiger charge is 2.63. The molecule has 22 heteroatoms. The minimum absolute atomic E-state index is 0.0262. The fourth-order valence-electron chi connectivity index (χ4n) is 17.1. The number of rotatable bonds is 17. The number of aryl methyl sites for hydroxylation is 3. The van der Waals surface area contributed by atoms with Crippen LogP contribution in [-0.4, -0.2) is 139 Å². The van der Waals surface area contributed by atoms with Gasteiger partial charge in [0.2, 0.25) is 29.5 Å². The lowest BCUT2D eigenvalue weighted by Crippen LogP contribution is -2.65. The zero-order valence-corrected chi connectivity index (χ0v) is 58.5. The molecular weight excluding hydrogens is 1230 g/mol. The normalized spacial score (nSPS) is 20.2. The van der Waals surface area contributed by atoms with E-state index in [0.29, 0.717) is 58.9 Å². The summed E-state index contributed by atoms with van der Waals surface area (Å²) in [6.45, 7) is 19.1. The van der Waals surface area contributed by atoms with Crippen LogP contribution in [-0.2, 0) is 123 Å². The molecule has 0 radical (unpaired) electrons. The lowest BCUT2D eigenvalue weighted by atomic mass is 9.74. The fraction of sp³-hybridized carbons (Fsp3) is 0.605. The van der Waals surface area contributed by atoms with E-state index in [2.05, 4.69) is 49.4 Å². The highest BCUT2D eigenvalue weighted by atomic mass is 16.6. The Hall–Kier alpha value is -8.30. The molecule has 0 unspecified atom stereocenters. The molecule has 6 aromatic heterocycles. The molecule has 2 saturated carbocycles. The molecule has 6 aromatic rings. The third kappa shape index (κ3) is 11.6. The maximum absolute atomic E-state index is 13.9. The molecule has 11 aliphatic rings. The second-order valence-corrected chi connectivity index (χ2v) is 30.8. The highest BCUT2D eigenvalue weighted by Crippen LogP contribution is 2.52. The number of pyridine rings is 3. The van der Waals surface area contributed by atoms with Crippen molar-refractivity contribution in [3.63, 3.8) is 0 Å². The third-order valence-corrected chi connectivity index (χ3v) is 22.7. The first-order valence-electron chi connectivity index (χ1n) is 37.0. The predicted octanol–water partition coefficient (Wildman–Crippen LogP) is 9.98. The molecule has 17 rings (SSSR count). The summed E-state index contributed by atoms with van der Waals surface area (Å²) < 4.78 is 12.7. The molecule has 5 fully saturated rings. The number of fused-ring (bicyclic) bond motifs is 9. The zero-order valence-electron chi connectivity index (χ0n) is 58.5. The van der Waals surface area contributed by atoms with Crippen LogP contribution in [0.3, 0.4) is 0 Å². The number of imidazole rings is 3. The molecule has 6 aliphatic heterocycles. The molecule has 3 spiro atoms. The molecule has 0 bridgehead atoms. The van der Waals surface area contributed by atoms with Crippen molar-refractivity contribution >= 4 is 52.7 Å². The van der Waals surface area contributed by atoms with Crippen molar-refractivity contribution in [3.05, 3.63) is 124 Å². The van der Waals surface area contributed by atoms with Crippen molar-refractivity contribution < 1.29 is 33.5 Å². The Balaban J connectivity index is 0.000000120. The van der Waals surface area contributed by atoms with Crippen LogP contribution >= 0.6 is 0 Å². The van der Waals surface area contributed by atoms with E-state index in [1.165, 1.54) is 72.7 Å². The largest absolute Gasteiger partial charge is 0.444 e. The zero-order chi connectivity index (χ0) is 67.8. The van der Waals surface area contributed by atoms with Crippen molar-refractivity contribution in [2.24, 2.45) is 11.8 Å². The van der Waals surface area contributed by atoms with Gasteiger partial charge < -0.3 is 47.8 Å². The number of amides is 6. The van der Waals surface area contributed by atoms with Gasteiger partial charge in [-0.05, 0) is 178 Å². The van der Waals surface area contributed by atoms with Crippen LogP contribution in [0.5, 0.6) is 0 Å². The number of nitrogens with zero attached hydrogens (tertiary/aromatic N) is 15. The number of carbonyl (C=O) groups excluding carboxylic acids is 6. The van der Waals surface area contributed by atoms with Crippen LogP contribution in [0.15, 0.2) is 55.4 Å². The van der Waals surface area contributed by atoms with E-state index in [0.717, 1.165) is 174 Å². The molecular formula is C76H97N15O7. The quantitative estimate of drug-likeness (QED) is 0.0830. The van der Waals surface area contributed by atoms with Gasteiger partial charge in [-0.25, -0.2) is 19.7 Å². The number of anilines is 3. The first-order chi connectivity index (χ1) is 47.5. The summed E-state index contributed by atoms with van der Waals surface area (Å²) in [5, 5.41) is 0. The minimum Gasteiger partial charge on any atom is -0.444 e. The standard InChI is InChI=1S/C26H35N5O3.2C25H31N5O2/c1-5-6-13-30-20-10-8-7-9-19(20)28-22(30)15-31-21-14-27-12-11-18(21)26(23(31)32)16-29(17-26)24(33)34-25(2,3)4;2*1-2-3-12-29-20-7-5-4-6-19(20)27-22(29)14-30-21-13-26-11-10-18(21)25(24(30)32)15-28(16-25)23(31)17-8-9-17/h11-12,14H,5-10,13,15-17H2,1-4H3;2*10-11,13,17H,2-9,12,14-16H2,1H3. The van der Waals surface area contributed by atoms with Crippen molar-refractivity contribution in [2.45, 2.75) is 244 Å². The number of aromatic nitrogens is 9. The minimum atomic E-state index is -0.727. The van der Waals surface area contributed by atoms with Crippen molar-refractivity contribution in [3.8, 4) is 0 Å². The maximum Gasteiger partial charge on any atom is 0.410 e. The third-order valence-electron chi connectivity index (χ3n) is 22.7. The van der Waals surface area contributed by atoms with Gasteiger partial charge in [-0.2, -0.15) is 0 Å². The van der Waals surface area contributed by atoms with E-state index in [4.69, 9.17) is 19.7 Å². The van der Waals surface area contributed by atoms with E-state index >= 15 is 0 Å². The molecule has 5 aliphatic carbocycles. The van der Waals surface area contributed by atoms with Crippen LogP contribution in [0, 0.1) is 11.8 Å². The Morgan fingerprint density at radius 1 is 0.459 bits per heavy atom. The summed E-state index contributed by atoms with van der Waals surface area (Å²) in [5.41, 5.74) is 10.8. The van der Waals surface area contributed by atoms with Crippen LogP contribution in [0.1, 0.15) is 213 Å². The first-order valence-corrected chi connectivity index (χ1v) is 37.0. The monoisotopic (exact) mass is 1330 g/mol. The van der Waals surface area contributed by atoms with Gasteiger partial charge in [0.1, 0.15) is 39.3 Å². The fourth-order valence-corrected chi connectivity index (χ4v) is 17.1. The summed E-state index contributed by atoms with van der Waals surface area (Å²) >= 11 is 0. The Morgan fingerprint density at radius 2 is 0.765 bits per heavy atom. The van der Waals surface area contributed by atoms with Crippen LogP contribution < -0.4 is 14.7 Å². The van der Waals surface area contributed by atoms with E-state index in [-0.39, 0.29) is 47.5 Å². The average Bonchev–Trinajstić information content (AvgIpc) is 1.54. The SMILES string of the molecule is CCCCn1c(CN2C(=O)C3(CN(C(=O)C4CC4)C3)c3ccncc32)nc2c1CCCC2.CCCCn1c(CN2C(=O)C3(CN(C(=O)C4CC4)C3)c3ccncc32)nc2c1CCCC2.CCCCn1c(CN2C(=O)C3(CN(C(=O)OC(C)(C)C)C3)c3ccncc32)nc2c1CCCC2. The lowest BCUT2D eigenvalue weighted by molar-refractivity contribution is -0.146. The number of unbranched alkanes of at least 4 members (excludes halogenated alkanes) is 3. The summed E-state index contributed by atoms with van der Waals surface area (Å²) in [6, 6.07) is 5.87. The molecule has 518 valence electrons. The van der Waals surface area contributed by atoms with Crippen molar-refractivity contribution in [1.29, 1.82) is 0 Å². The van der Waals surface area contributed by atoms with E-state index in [9.17, 15) is 28.8 Å². The number of hydrogen-bond donors (Lipinski definition) is 0. The lowest BCUT2D eigenvalue weighted by Gasteiger charge is -2.47. The second kappa shape index (κ2) is 26.1. The van der Waals surface area contributed by atoms with E-state index in [1.807, 2.05) is 75.9 Å². The topological polar surface area (TPSA) is 223 Å². The highest BCUT2D eigenvalue weighted by molar-refractivity contribution is 6.11. The first kappa shape index (κ1) is 65.6. The number of carbonyl (C=O) groups is 6. The Bertz CT molecular complexity index is 3920. The average molecular weight is 1330 g/mol. The Kier molecular flexibility index (Phi) is 17.5. The smallest absolute Gasteiger partial charge is 0.410 e. The van der Waals surface area contributed by atoms with Gasteiger partial charge in [-0.3, -0.25) is 38.9 Å². The van der Waals surface area contributed by atoms with E-state index in [1.54, 1.807) is 29.7 Å². The number of ether oxygens (including phenoxy) is 1. The van der Waals surface area contributed by atoms with Gasteiger partial charge in [-0.1, -0.05) is 40.0 Å². The summed E-state index contributed by atoms with van der Waals surface area (Å²) in [5.74, 6) is 4.00. The number of hydrogen-bond acceptors (Lipinski definition) is 13. The Labute approximate surface area is 575 Å². The predicted molar refractivity (Wildman–Crippen MR) is 369 cm³/mol. The van der Waals surface area contributed by atoms with E-state index < -0.39 is 21.8 Å². The molecule has 0 atom stereocenters. The van der Waals surface area contributed by atoms with Crippen LogP contribution in [0.4, 0.5) is 21.9 Å². The Morgan fingerprint density at radius 3 is 1.06 bits per heavy atom. The second-order valence-electron chi connectivity index (χ2n) is 30.8. The van der Waals surface area contributed by atoms with Gasteiger partial charge in [0, 0.05) is 106 Å². The van der Waals surface area contributed by atoms with Gasteiger partial charge in [0.15, 0.2) is 0 Å². The van der Waals surface area contributed by atoms with Crippen molar-refractivity contribution in [2.75, 3.05) is 54.0 Å².